The van der Waals surface area contributed by atoms with Crippen molar-refractivity contribution < 1.29 is 8.42 Å². The molecule has 3 N–H and O–H groups in total. The zero-order chi connectivity index (χ0) is 14.8. The van der Waals surface area contributed by atoms with E-state index in [-0.39, 0.29) is 5.75 Å². The van der Waals surface area contributed by atoms with E-state index < -0.39 is 10.0 Å². The topological polar surface area (TPSA) is 79.2 Å². The van der Waals surface area contributed by atoms with Gasteiger partial charge in [-0.25, -0.2) is 13.6 Å². The molecule has 0 aliphatic heterocycles. The molecule has 0 saturated carbocycles. The molecule has 0 spiro atoms. The summed E-state index contributed by atoms with van der Waals surface area (Å²) >= 11 is 0. The number of likely N-dealkylation sites (N-methyl/N-ethyl adjacent to an activating group) is 1. The van der Waals surface area contributed by atoms with Gasteiger partial charge in [-0.05, 0) is 50.2 Å². The van der Waals surface area contributed by atoms with Gasteiger partial charge in [0, 0.05) is 23.6 Å². The van der Waals surface area contributed by atoms with Gasteiger partial charge in [0.25, 0.3) is 0 Å². The molecule has 0 bridgehead atoms. The normalized spacial score (nSPS) is 12.4. The number of aryl methyl sites for hydroxylation is 1. The number of benzene rings is 1. The zero-order valence-electron chi connectivity index (χ0n) is 11.9. The molecule has 0 unspecified atom stereocenters. The van der Waals surface area contributed by atoms with E-state index >= 15 is 0 Å². The molecule has 0 atom stereocenters. The molecular weight excluding hydrogens is 274 g/mol. The number of hydrogen-bond donors (Lipinski definition) is 2. The molecule has 2 rings (SSSR count). The Hall–Kier alpha value is -1.37. The number of nitrogens with two attached hydrogens (primary N) is 1. The van der Waals surface area contributed by atoms with Crippen LogP contribution in [-0.2, 0) is 22.9 Å². The fourth-order valence-electron chi connectivity index (χ4n) is 2.19. The minimum absolute atomic E-state index is 0.0179. The second kappa shape index (κ2) is 5.95. The molecule has 6 heteroatoms. The third-order valence-electron chi connectivity index (χ3n) is 3.34. The Morgan fingerprint density at radius 1 is 1.25 bits per heavy atom. The first-order valence-electron chi connectivity index (χ1n) is 6.59. The first kappa shape index (κ1) is 15.0. The Kier molecular flexibility index (Phi) is 4.47. The van der Waals surface area contributed by atoms with Crippen LogP contribution in [0, 0.1) is 0 Å². The molecule has 0 saturated heterocycles. The van der Waals surface area contributed by atoms with Gasteiger partial charge in [0.05, 0.1) is 5.75 Å². The molecule has 0 aliphatic carbocycles. The number of hydrogen-bond acceptors (Lipinski definition) is 3. The first-order valence-corrected chi connectivity index (χ1v) is 8.31. The van der Waals surface area contributed by atoms with Crippen LogP contribution in [0.5, 0.6) is 0 Å². The van der Waals surface area contributed by atoms with Gasteiger partial charge in [0.15, 0.2) is 0 Å². The molecule has 0 radical (unpaired) electrons. The summed E-state index contributed by atoms with van der Waals surface area (Å²) in [6, 6.07) is 5.99. The van der Waals surface area contributed by atoms with Crippen LogP contribution in [0.15, 0.2) is 24.4 Å². The summed E-state index contributed by atoms with van der Waals surface area (Å²) in [6.07, 6.45) is 3.44. The van der Waals surface area contributed by atoms with Crippen LogP contribution in [0.2, 0.25) is 0 Å². The van der Waals surface area contributed by atoms with E-state index in [9.17, 15) is 8.42 Å². The van der Waals surface area contributed by atoms with Gasteiger partial charge in [-0.15, -0.1) is 0 Å². The summed E-state index contributed by atoms with van der Waals surface area (Å²) in [5, 5.41) is 6.21. The minimum atomic E-state index is -3.41. The lowest BCUT2D eigenvalue weighted by Crippen LogP contribution is -2.17. The SMILES string of the molecule is CN(C)CCc1c[nH]c2ccc(CCS(N)(=O)=O)cc12. The third kappa shape index (κ3) is 4.06. The molecule has 1 heterocycles. The van der Waals surface area contributed by atoms with Crippen molar-refractivity contribution in [3.05, 3.63) is 35.5 Å². The number of nitrogens with zero attached hydrogens (tertiary/aromatic N) is 1. The molecule has 0 amide bonds. The summed E-state index contributed by atoms with van der Waals surface area (Å²) in [5.41, 5.74) is 3.33. The summed E-state index contributed by atoms with van der Waals surface area (Å²) in [4.78, 5) is 5.39. The maximum absolute atomic E-state index is 11.0. The van der Waals surface area contributed by atoms with E-state index in [0.29, 0.717) is 6.42 Å². The number of nitrogens with one attached hydrogen (secondary N) is 1. The highest BCUT2D eigenvalue weighted by Crippen LogP contribution is 2.21. The third-order valence-corrected chi connectivity index (χ3v) is 4.11. The fraction of sp³-hybridized carbons (Fsp3) is 0.429. The van der Waals surface area contributed by atoms with Crippen molar-refractivity contribution in [3.8, 4) is 0 Å². The van der Waals surface area contributed by atoms with Crippen molar-refractivity contribution in [1.82, 2.24) is 9.88 Å². The molecular formula is C14H21N3O2S. The predicted molar refractivity (Wildman–Crippen MR) is 82.2 cm³/mol. The summed E-state index contributed by atoms with van der Waals surface area (Å²) < 4.78 is 22.1. The quantitative estimate of drug-likeness (QED) is 0.837. The van der Waals surface area contributed by atoms with Gasteiger partial charge in [0.1, 0.15) is 0 Å². The van der Waals surface area contributed by atoms with Crippen LogP contribution in [-0.4, -0.2) is 44.7 Å². The number of fused-ring (bicyclic) bond motifs is 1. The van der Waals surface area contributed by atoms with Crippen LogP contribution < -0.4 is 5.14 Å². The molecule has 5 nitrogen and oxygen atoms in total. The average Bonchev–Trinajstić information content (AvgIpc) is 2.75. The van der Waals surface area contributed by atoms with Crippen molar-refractivity contribution >= 4 is 20.9 Å². The first-order chi connectivity index (χ1) is 9.35. The highest BCUT2D eigenvalue weighted by Gasteiger charge is 2.07. The smallest absolute Gasteiger partial charge is 0.209 e. The lowest BCUT2D eigenvalue weighted by atomic mass is 10.1. The van der Waals surface area contributed by atoms with Crippen LogP contribution in [0.25, 0.3) is 10.9 Å². The van der Waals surface area contributed by atoms with Crippen LogP contribution in [0.4, 0.5) is 0 Å². The predicted octanol–water partition coefficient (Wildman–Crippen LogP) is 1.10. The Balaban J connectivity index is 2.20. The number of sulfonamides is 1. The van der Waals surface area contributed by atoms with E-state index in [0.717, 1.165) is 24.0 Å². The molecule has 0 aliphatic rings. The molecule has 1 aromatic heterocycles. The summed E-state index contributed by atoms with van der Waals surface area (Å²) in [7, 11) is 0.688. The number of rotatable bonds is 6. The number of H-pyrrole nitrogens is 1. The summed E-state index contributed by atoms with van der Waals surface area (Å²) in [6.45, 7) is 0.981. The second-order valence-electron chi connectivity index (χ2n) is 5.36. The van der Waals surface area contributed by atoms with E-state index in [1.54, 1.807) is 0 Å². The maximum atomic E-state index is 11.0. The van der Waals surface area contributed by atoms with Gasteiger partial charge in [-0.1, -0.05) is 6.07 Å². The van der Waals surface area contributed by atoms with E-state index in [4.69, 9.17) is 5.14 Å². The van der Waals surface area contributed by atoms with Crippen LogP contribution in [0.3, 0.4) is 0 Å². The Labute approximate surface area is 119 Å². The van der Waals surface area contributed by atoms with Crippen molar-refractivity contribution in [2.45, 2.75) is 12.8 Å². The van der Waals surface area contributed by atoms with Gasteiger partial charge >= 0.3 is 0 Å². The molecule has 20 heavy (non-hydrogen) atoms. The molecule has 0 fully saturated rings. The average molecular weight is 295 g/mol. The molecule has 110 valence electrons. The van der Waals surface area contributed by atoms with Crippen LogP contribution in [0.1, 0.15) is 11.1 Å². The van der Waals surface area contributed by atoms with Crippen molar-refractivity contribution in [3.63, 3.8) is 0 Å². The van der Waals surface area contributed by atoms with Crippen molar-refractivity contribution in [2.75, 3.05) is 26.4 Å². The summed E-state index contributed by atoms with van der Waals surface area (Å²) in [5.74, 6) is -0.0179. The minimum Gasteiger partial charge on any atom is -0.361 e. The lowest BCUT2D eigenvalue weighted by molar-refractivity contribution is 0.414. The Morgan fingerprint density at radius 2 is 2.00 bits per heavy atom. The highest BCUT2D eigenvalue weighted by molar-refractivity contribution is 7.89. The Bertz CT molecular complexity index is 690. The van der Waals surface area contributed by atoms with Crippen LogP contribution >= 0.6 is 0 Å². The monoisotopic (exact) mass is 295 g/mol. The van der Waals surface area contributed by atoms with Gasteiger partial charge in [0.2, 0.25) is 10.0 Å². The van der Waals surface area contributed by atoms with Gasteiger partial charge in [-0.2, -0.15) is 0 Å². The van der Waals surface area contributed by atoms with Crippen molar-refractivity contribution in [1.29, 1.82) is 0 Å². The maximum Gasteiger partial charge on any atom is 0.209 e. The number of aromatic nitrogens is 1. The van der Waals surface area contributed by atoms with E-state index in [1.807, 2.05) is 32.4 Å². The molecule has 1 aromatic carbocycles. The van der Waals surface area contributed by atoms with E-state index in [1.165, 1.54) is 10.9 Å². The number of primary sulfonamides is 1. The lowest BCUT2D eigenvalue weighted by Gasteiger charge is -2.08. The van der Waals surface area contributed by atoms with Gasteiger partial charge < -0.3 is 9.88 Å². The second-order valence-corrected chi connectivity index (χ2v) is 7.10. The highest BCUT2D eigenvalue weighted by atomic mass is 32.2. The standard InChI is InChI=1S/C14H21N3O2S/c1-17(2)7-5-12-10-16-14-4-3-11(9-13(12)14)6-8-20(15,18)19/h3-4,9-10,16H,5-8H2,1-2H3,(H2,15,18,19). The van der Waals surface area contributed by atoms with E-state index in [2.05, 4.69) is 16.0 Å². The van der Waals surface area contributed by atoms with Crippen molar-refractivity contribution in [2.24, 2.45) is 5.14 Å². The number of aromatic amines is 1. The zero-order valence-corrected chi connectivity index (χ0v) is 12.7. The molecule has 2 aromatic rings. The fourth-order valence-corrected chi connectivity index (χ4v) is 2.71. The largest absolute Gasteiger partial charge is 0.361 e. The van der Waals surface area contributed by atoms with Gasteiger partial charge in [-0.3, -0.25) is 0 Å². The Morgan fingerprint density at radius 3 is 2.65 bits per heavy atom.